The summed E-state index contributed by atoms with van der Waals surface area (Å²) in [5.41, 5.74) is 1.57. The van der Waals surface area contributed by atoms with Crippen molar-refractivity contribution in [2.75, 3.05) is 0 Å². The van der Waals surface area contributed by atoms with E-state index >= 15 is 0 Å². The van der Waals surface area contributed by atoms with E-state index in [4.69, 9.17) is 0 Å². The standard InChI is InChI=1S/C16H18N2O3/c19-14-9-5-4-8-13(14)18-15(11-6-2-1-3-7-11)12(10-17-18)16(20)21/h1-3,6-7,10,13-14,19H,4-5,8-9H2,(H,20,21). The van der Waals surface area contributed by atoms with Crippen molar-refractivity contribution in [1.82, 2.24) is 9.78 Å². The number of aromatic nitrogens is 2. The lowest BCUT2D eigenvalue weighted by molar-refractivity contribution is 0.0680. The van der Waals surface area contributed by atoms with Crippen LogP contribution in [0.5, 0.6) is 0 Å². The Kier molecular flexibility index (Phi) is 3.75. The normalized spacial score (nSPS) is 22.1. The maximum absolute atomic E-state index is 11.5. The zero-order valence-electron chi connectivity index (χ0n) is 11.6. The number of hydrogen-bond acceptors (Lipinski definition) is 3. The average Bonchev–Trinajstić information content (AvgIpc) is 2.93. The van der Waals surface area contributed by atoms with Crippen molar-refractivity contribution in [2.45, 2.75) is 37.8 Å². The molecule has 1 heterocycles. The van der Waals surface area contributed by atoms with Crippen LogP contribution < -0.4 is 0 Å². The lowest BCUT2D eigenvalue weighted by atomic mass is 9.92. The molecule has 0 saturated heterocycles. The van der Waals surface area contributed by atoms with Crippen molar-refractivity contribution in [3.8, 4) is 11.3 Å². The highest BCUT2D eigenvalue weighted by Crippen LogP contribution is 2.34. The van der Waals surface area contributed by atoms with Gasteiger partial charge in [-0.15, -0.1) is 0 Å². The molecule has 2 aromatic rings. The number of carboxylic acids is 1. The summed E-state index contributed by atoms with van der Waals surface area (Å²) in [5.74, 6) is -0.995. The number of rotatable bonds is 3. The molecule has 2 unspecified atom stereocenters. The minimum absolute atomic E-state index is 0.151. The van der Waals surface area contributed by atoms with Gasteiger partial charge in [-0.1, -0.05) is 43.2 Å². The van der Waals surface area contributed by atoms with Crippen molar-refractivity contribution in [3.63, 3.8) is 0 Å². The van der Waals surface area contributed by atoms with Gasteiger partial charge in [0.05, 0.1) is 24.0 Å². The van der Waals surface area contributed by atoms with Crippen LogP contribution in [0, 0.1) is 0 Å². The molecule has 0 amide bonds. The van der Waals surface area contributed by atoms with E-state index in [9.17, 15) is 15.0 Å². The third kappa shape index (κ3) is 2.56. The van der Waals surface area contributed by atoms with Crippen molar-refractivity contribution < 1.29 is 15.0 Å². The van der Waals surface area contributed by atoms with Crippen molar-refractivity contribution >= 4 is 5.97 Å². The molecular weight excluding hydrogens is 268 g/mol. The Morgan fingerprint density at radius 3 is 2.57 bits per heavy atom. The highest BCUT2D eigenvalue weighted by molar-refractivity contribution is 5.94. The molecule has 1 aliphatic carbocycles. The summed E-state index contributed by atoms with van der Waals surface area (Å²) >= 11 is 0. The first kappa shape index (κ1) is 13.8. The fraction of sp³-hybridized carbons (Fsp3) is 0.375. The molecule has 3 rings (SSSR count). The van der Waals surface area contributed by atoms with Gasteiger partial charge in [0.1, 0.15) is 5.56 Å². The number of aliphatic hydroxyl groups excluding tert-OH is 1. The second-order valence-corrected chi connectivity index (χ2v) is 5.44. The van der Waals surface area contributed by atoms with Gasteiger partial charge in [0.15, 0.2) is 0 Å². The molecule has 1 aromatic carbocycles. The number of aliphatic hydroxyl groups is 1. The summed E-state index contributed by atoms with van der Waals surface area (Å²) in [7, 11) is 0. The Labute approximate surface area is 122 Å². The van der Waals surface area contributed by atoms with Crippen LogP contribution in [0.25, 0.3) is 11.3 Å². The highest BCUT2D eigenvalue weighted by Gasteiger charge is 2.29. The van der Waals surface area contributed by atoms with Crippen molar-refractivity contribution in [1.29, 1.82) is 0 Å². The van der Waals surface area contributed by atoms with E-state index in [2.05, 4.69) is 5.10 Å². The minimum atomic E-state index is -0.995. The maximum Gasteiger partial charge on any atom is 0.339 e. The van der Waals surface area contributed by atoms with Gasteiger partial charge in [0, 0.05) is 5.56 Å². The zero-order valence-corrected chi connectivity index (χ0v) is 11.6. The van der Waals surface area contributed by atoms with E-state index in [0.717, 1.165) is 31.2 Å². The molecule has 1 fully saturated rings. The van der Waals surface area contributed by atoms with Gasteiger partial charge in [-0.05, 0) is 12.8 Å². The summed E-state index contributed by atoms with van der Waals surface area (Å²) in [6.07, 6.45) is 4.50. The van der Waals surface area contributed by atoms with E-state index in [-0.39, 0.29) is 11.6 Å². The van der Waals surface area contributed by atoms with Crippen molar-refractivity contribution in [2.24, 2.45) is 0 Å². The molecule has 5 heteroatoms. The third-order valence-corrected chi connectivity index (χ3v) is 4.08. The van der Waals surface area contributed by atoms with Crippen LogP contribution in [-0.2, 0) is 0 Å². The Morgan fingerprint density at radius 2 is 1.90 bits per heavy atom. The van der Waals surface area contributed by atoms with E-state index in [0.29, 0.717) is 5.69 Å². The van der Waals surface area contributed by atoms with Crippen LogP contribution in [0.1, 0.15) is 42.1 Å². The Balaban J connectivity index is 2.11. The molecule has 0 bridgehead atoms. The van der Waals surface area contributed by atoms with Gasteiger partial charge in [0.2, 0.25) is 0 Å². The molecule has 110 valence electrons. The quantitative estimate of drug-likeness (QED) is 0.909. The zero-order chi connectivity index (χ0) is 14.8. The minimum Gasteiger partial charge on any atom is -0.478 e. The fourth-order valence-electron chi connectivity index (χ4n) is 3.03. The Bertz CT molecular complexity index is 636. The monoisotopic (exact) mass is 286 g/mol. The van der Waals surface area contributed by atoms with Crippen LogP contribution in [-0.4, -0.2) is 32.1 Å². The number of benzene rings is 1. The molecule has 1 aromatic heterocycles. The summed E-state index contributed by atoms with van der Waals surface area (Å²) in [6, 6.07) is 9.22. The predicted octanol–water partition coefficient (Wildman–Crippen LogP) is 2.72. The third-order valence-electron chi connectivity index (χ3n) is 4.08. The van der Waals surface area contributed by atoms with Crippen LogP contribution >= 0.6 is 0 Å². The Morgan fingerprint density at radius 1 is 1.19 bits per heavy atom. The molecule has 21 heavy (non-hydrogen) atoms. The average molecular weight is 286 g/mol. The van der Waals surface area contributed by atoms with E-state index in [1.54, 1.807) is 4.68 Å². The van der Waals surface area contributed by atoms with E-state index < -0.39 is 12.1 Å². The second-order valence-electron chi connectivity index (χ2n) is 5.44. The molecule has 5 nitrogen and oxygen atoms in total. The largest absolute Gasteiger partial charge is 0.478 e. The Hall–Kier alpha value is -2.14. The SMILES string of the molecule is O=C(O)c1cnn(C2CCCCC2O)c1-c1ccccc1. The smallest absolute Gasteiger partial charge is 0.339 e. The molecule has 1 saturated carbocycles. The fourth-order valence-corrected chi connectivity index (χ4v) is 3.03. The first-order chi connectivity index (χ1) is 10.2. The van der Waals surface area contributed by atoms with E-state index in [1.165, 1.54) is 6.20 Å². The van der Waals surface area contributed by atoms with Crippen molar-refractivity contribution in [3.05, 3.63) is 42.1 Å². The molecule has 2 atom stereocenters. The van der Waals surface area contributed by atoms with Crippen LogP contribution in [0.3, 0.4) is 0 Å². The predicted molar refractivity (Wildman–Crippen MR) is 78.1 cm³/mol. The molecule has 0 aliphatic heterocycles. The second kappa shape index (κ2) is 5.69. The summed E-state index contributed by atoms with van der Waals surface area (Å²) in [6.45, 7) is 0. The lowest BCUT2D eigenvalue weighted by Gasteiger charge is -2.29. The molecule has 1 aliphatic rings. The summed E-state index contributed by atoms with van der Waals surface area (Å²) < 4.78 is 1.70. The lowest BCUT2D eigenvalue weighted by Crippen LogP contribution is -2.29. The number of carbonyl (C=O) groups is 1. The van der Waals surface area contributed by atoms with Gasteiger partial charge in [-0.2, -0.15) is 5.10 Å². The molecule has 2 N–H and O–H groups in total. The molecular formula is C16H18N2O3. The van der Waals surface area contributed by atoms with Gasteiger partial charge < -0.3 is 10.2 Å². The first-order valence-electron chi connectivity index (χ1n) is 7.23. The summed E-state index contributed by atoms with van der Waals surface area (Å²) in [4.78, 5) is 11.5. The number of aromatic carboxylic acids is 1. The topological polar surface area (TPSA) is 75.3 Å². The number of hydrogen-bond donors (Lipinski definition) is 2. The molecule has 0 spiro atoms. The van der Waals surface area contributed by atoms with Gasteiger partial charge >= 0.3 is 5.97 Å². The van der Waals surface area contributed by atoms with E-state index in [1.807, 2.05) is 30.3 Å². The van der Waals surface area contributed by atoms with Gasteiger partial charge in [0.25, 0.3) is 0 Å². The van der Waals surface area contributed by atoms with Gasteiger partial charge in [-0.25, -0.2) is 4.79 Å². The first-order valence-corrected chi connectivity index (χ1v) is 7.23. The van der Waals surface area contributed by atoms with Gasteiger partial charge in [-0.3, -0.25) is 4.68 Å². The number of carboxylic acid groups (broad SMARTS) is 1. The highest BCUT2D eigenvalue weighted by atomic mass is 16.4. The van der Waals surface area contributed by atoms with Crippen LogP contribution in [0.15, 0.2) is 36.5 Å². The maximum atomic E-state index is 11.5. The van der Waals surface area contributed by atoms with Crippen LogP contribution in [0.2, 0.25) is 0 Å². The summed E-state index contributed by atoms with van der Waals surface area (Å²) in [5, 5.41) is 23.9. The molecule has 0 radical (unpaired) electrons. The number of nitrogens with zero attached hydrogens (tertiary/aromatic N) is 2. The van der Waals surface area contributed by atoms with Crippen LogP contribution in [0.4, 0.5) is 0 Å².